The van der Waals surface area contributed by atoms with E-state index < -0.39 is 23.9 Å². The second-order valence-corrected chi connectivity index (χ2v) is 7.82. The molecule has 0 aliphatic heterocycles. The van der Waals surface area contributed by atoms with Gasteiger partial charge in [-0.15, -0.1) is 0 Å². The fourth-order valence-corrected chi connectivity index (χ4v) is 3.30. The maximum absolute atomic E-state index is 11.9. The van der Waals surface area contributed by atoms with E-state index in [1.807, 2.05) is 60.7 Å². The van der Waals surface area contributed by atoms with Gasteiger partial charge in [0.2, 0.25) is 0 Å². The van der Waals surface area contributed by atoms with Crippen molar-refractivity contribution in [1.29, 1.82) is 0 Å². The Morgan fingerprint density at radius 1 is 0.447 bits per heavy atom. The molecule has 8 nitrogen and oxygen atoms in total. The molecular weight excluding hydrogens is 488 g/mol. The van der Waals surface area contributed by atoms with Crippen LogP contribution in [0.3, 0.4) is 0 Å². The molecule has 0 unspecified atom stereocenters. The summed E-state index contributed by atoms with van der Waals surface area (Å²) in [7, 11) is 0. The molecule has 4 aromatic carbocycles. The maximum atomic E-state index is 11.9. The molecule has 4 aromatic rings. The van der Waals surface area contributed by atoms with Gasteiger partial charge in [0.05, 0.1) is 22.3 Å². The number of carboxylic acids is 2. The lowest BCUT2D eigenvalue weighted by Crippen LogP contribution is -2.11. The number of rotatable bonds is 8. The van der Waals surface area contributed by atoms with Crippen LogP contribution in [0.15, 0.2) is 109 Å². The van der Waals surface area contributed by atoms with E-state index in [1.165, 1.54) is 24.3 Å². The number of ether oxygens (including phenoxy) is 2. The molecule has 0 aromatic heterocycles. The van der Waals surface area contributed by atoms with Gasteiger partial charge in [0.1, 0.15) is 13.2 Å². The molecule has 0 amide bonds. The average molecular weight is 513 g/mol. The average Bonchev–Trinajstić information content (AvgIpc) is 2.96. The first-order valence-electron chi connectivity index (χ1n) is 11.4. The Kier molecular flexibility index (Phi) is 9.89. The van der Waals surface area contributed by atoms with E-state index in [2.05, 4.69) is 0 Å². The van der Waals surface area contributed by atoms with Crippen molar-refractivity contribution in [2.24, 2.45) is 0 Å². The van der Waals surface area contributed by atoms with Crippen molar-refractivity contribution in [3.05, 3.63) is 143 Å². The topological polar surface area (TPSA) is 127 Å². The number of carboxylic acid groups (broad SMARTS) is 2. The number of esters is 2. The molecule has 0 fully saturated rings. The summed E-state index contributed by atoms with van der Waals surface area (Å²) in [5.41, 5.74) is 1.71. The summed E-state index contributed by atoms with van der Waals surface area (Å²) in [5.74, 6) is -3.57. The molecule has 0 saturated carbocycles. The van der Waals surface area contributed by atoms with Gasteiger partial charge >= 0.3 is 23.9 Å². The Balaban J connectivity index is 0.000000211. The van der Waals surface area contributed by atoms with Crippen LogP contribution in [0.2, 0.25) is 0 Å². The number of hydrogen-bond acceptors (Lipinski definition) is 6. The summed E-state index contributed by atoms with van der Waals surface area (Å²) in [5, 5.41) is 18.0. The van der Waals surface area contributed by atoms with Crippen molar-refractivity contribution in [3.63, 3.8) is 0 Å². The van der Waals surface area contributed by atoms with Crippen LogP contribution in [-0.4, -0.2) is 34.1 Å². The van der Waals surface area contributed by atoms with Gasteiger partial charge in [0.25, 0.3) is 0 Å². The Hall–Kier alpha value is -5.24. The molecule has 0 spiro atoms. The highest BCUT2D eigenvalue weighted by atomic mass is 16.5. The first-order valence-corrected chi connectivity index (χ1v) is 11.4. The Morgan fingerprint density at radius 2 is 0.737 bits per heavy atom. The number of carbonyl (C=O) groups excluding carboxylic acids is 2. The highest BCUT2D eigenvalue weighted by Crippen LogP contribution is 2.13. The van der Waals surface area contributed by atoms with Crippen LogP contribution in [-0.2, 0) is 22.7 Å². The van der Waals surface area contributed by atoms with Gasteiger partial charge in [-0.2, -0.15) is 0 Å². The molecule has 192 valence electrons. The maximum Gasteiger partial charge on any atom is 0.339 e. The zero-order chi connectivity index (χ0) is 27.3. The monoisotopic (exact) mass is 512 g/mol. The number of hydrogen-bond donors (Lipinski definition) is 2. The van der Waals surface area contributed by atoms with Gasteiger partial charge in [-0.1, -0.05) is 84.9 Å². The molecule has 0 bridgehead atoms. The summed E-state index contributed by atoms with van der Waals surface area (Å²) >= 11 is 0. The van der Waals surface area contributed by atoms with E-state index in [0.29, 0.717) is 0 Å². The van der Waals surface area contributed by atoms with Gasteiger partial charge < -0.3 is 19.7 Å². The molecule has 0 aliphatic carbocycles. The highest BCUT2D eigenvalue weighted by molar-refractivity contribution is 6.03. The molecule has 2 N–H and O–H groups in total. The molecule has 0 atom stereocenters. The predicted molar refractivity (Wildman–Crippen MR) is 138 cm³/mol. The van der Waals surface area contributed by atoms with E-state index in [0.717, 1.165) is 11.1 Å². The van der Waals surface area contributed by atoms with Crippen molar-refractivity contribution >= 4 is 23.9 Å². The minimum atomic E-state index is -1.15. The largest absolute Gasteiger partial charge is 0.478 e. The van der Waals surface area contributed by atoms with Crippen molar-refractivity contribution < 1.29 is 38.9 Å². The minimum absolute atomic E-state index is 0.0550. The smallest absolute Gasteiger partial charge is 0.339 e. The summed E-state index contributed by atoms with van der Waals surface area (Å²) in [6.07, 6.45) is 0. The first kappa shape index (κ1) is 27.3. The van der Waals surface area contributed by atoms with Gasteiger partial charge in [-0.25, -0.2) is 19.2 Å². The molecule has 8 heteroatoms. The molecule has 0 saturated heterocycles. The second kappa shape index (κ2) is 13.7. The van der Waals surface area contributed by atoms with Crippen LogP contribution in [0.1, 0.15) is 52.6 Å². The van der Waals surface area contributed by atoms with Gasteiger partial charge in [-0.3, -0.25) is 0 Å². The summed E-state index contributed by atoms with van der Waals surface area (Å²) < 4.78 is 10.2. The molecular formula is C30H24O8. The number of benzene rings is 4. The molecule has 38 heavy (non-hydrogen) atoms. The van der Waals surface area contributed by atoms with Crippen LogP contribution in [0.5, 0.6) is 0 Å². The summed E-state index contributed by atoms with van der Waals surface area (Å²) in [6, 6.07) is 30.4. The Bertz CT molecular complexity index is 1290. The third-order valence-corrected chi connectivity index (χ3v) is 5.18. The molecule has 0 radical (unpaired) electrons. The normalized spacial score (nSPS) is 9.89. The Labute approximate surface area is 218 Å². The second-order valence-electron chi connectivity index (χ2n) is 7.82. The van der Waals surface area contributed by atoms with Crippen LogP contribution in [0.25, 0.3) is 0 Å². The standard InChI is InChI=1S/2C15H12O4/c2*16-14(17)12-8-4-5-9-13(12)15(18)19-10-11-6-2-1-3-7-11/h2*1-9H,10H2,(H,16,17). The Morgan fingerprint density at radius 3 is 1.05 bits per heavy atom. The fourth-order valence-electron chi connectivity index (χ4n) is 3.30. The molecule has 0 aliphatic rings. The van der Waals surface area contributed by atoms with Crippen LogP contribution in [0.4, 0.5) is 0 Å². The van der Waals surface area contributed by atoms with Crippen molar-refractivity contribution in [2.75, 3.05) is 0 Å². The molecule has 4 rings (SSSR count). The zero-order valence-electron chi connectivity index (χ0n) is 20.2. The third-order valence-electron chi connectivity index (χ3n) is 5.18. The SMILES string of the molecule is O=C(O)c1ccccc1C(=O)OCc1ccccc1.O=C(O)c1ccccc1C(=O)OCc1ccccc1. The van der Waals surface area contributed by atoms with E-state index in [9.17, 15) is 19.2 Å². The van der Waals surface area contributed by atoms with Gasteiger partial charge in [0.15, 0.2) is 0 Å². The van der Waals surface area contributed by atoms with Crippen LogP contribution >= 0.6 is 0 Å². The lowest BCUT2D eigenvalue weighted by molar-refractivity contribution is 0.0458. The van der Waals surface area contributed by atoms with Crippen molar-refractivity contribution in [3.8, 4) is 0 Å². The van der Waals surface area contributed by atoms with Gasteiger partial charge in [0, 0.05) is 0 Å². The predicted octanol–water partition coefficient (Wildman–Crippen LogP) is 5.48. The van der Waals surface area contributed by atoms with E-state index in [4.69, 9.17) is 19.7 Å². The lowest BCUT2D eigenvalue weighted by atomic mass is 10.1. The summed E-state index contributed by atoms with van der Waals surface area (Å²) in [4.78, 5) is 45.7. The minimum Gasteiger partial charge on any atom is -0.478 e. The fraction of sp³-hybridized carbons (Fsp3) is 0.0667. The first-order chi connectivity index (χ1) is 18.4. The van der Waals surface area contributed by atoms with Gasteiger partial charge in [-0.05, 0) is 35.4 Å². The molecule has 0 heterocycles. The zero-order valence-corrected chi connectivity index (χ0v) is 20.2. The van der Waals surface area contributed by atoms with E-state index in [-0.39, 0.29) is 35.5 Å². The van der Waals surface area contributed by atoms with Crippen molar-refractivity contribution in [1.82, 2.24) is 0 Å². The van der Waals surface area contributed by atoms with Crippen molar-refractivity contribution in [2.45, 2.75) is 13.2 Å². The number of carbonyl (C=O) groups is 4. The quantitative estimate of drug-likeness (QED) is 0.297. The van der Waals surface area contributed by atoms with E-state index in [1.54, 1.807) is 24.3 Å². The third kappa shape index (κ3) is 7.89. The number of aromatic carboxylic acids is 2. The summed E-state index contributed by atoms with van der Waals surface area (Å²) in [6.45, 7) is 0.237. The highest BCUT2D eigenvalue weighted by Gasteiger charge is 2.17. The van der Waals surface area contributed by atoms with Crippen LogP contribution < -0.4 is 0 Å². The van der Waals surface area contributed by atoms with Crippen LogP contribution in [0, 0.1) is 0 Å². The van der Waals surface area contributed by atoms with E-state index >= 15 is 0 Å². The lowest BCUT2D eigenvalue weighted by Gasteiger charge is -2.07.